The fraction of sp³-hybridized carbons (Fsp3) is 0.429. The number of carboxylic acid groups (broad SMARTS) is 1. The first-order chi connectivity index (χ1) is 9.92. The van der Waals surface area contributed by atoms with Gasteiger partial charge in [-0.2, -0.15) is 0 Å². The van der Waals surface area contributed by atoms with E-state index < -0.39 is 5.97 Å². The summed E-state index contributed by atoms with van der Waals surface area (Å²) < 4.78 is 5.99. The number of amides is 2. The van der Waals surface area contributed by atoms with Gasteiger partial charge in [-0.1, -0.05) is 22.9 Å². The molecule has 0 heterocycles. The number of aliphatic carboxylic acids is 1. The molecular formula is C14H19BrN2O4. The maximum absolute atomic E-state index is 11.8. The highest BCUT2D eigenvalue weighted by molar-refractivity contribution is 9.10. The van der Waals surface area contributed by atoms with Crippen LogP contribution >= 0.6 is 15.9 Å². The van der Waals surface area contributed by atoms with Crippen LogP contribution < -0.4 is 15.4 Å². The smallest absolute Gasteiger partial charge is 0.319 e. The van der Waals surface area contributed by atoms with Gasteiger partial charge in [0, 0.05) is 17.4 Å². The van der Waals surface area contributed by atoms with Crippen LogP contribution in [-0.4, -0.2) is 30.8 Å². The molecule has 0 bridgehead atoms. The second kappa shape index (κ2) is 8.51. The van der Waals surface area contributed by atoms with Gasteiger partial charge in [0.2, 0.25) is 0 Å². The molecule has 0 aliphatic rings. The van der Waals surface area contributed by atoms with Gasteiger partial charge < -0.3 is 20.5 Å². The van der Waals surface area contributed by atoms with E-state index in [0.29, 0.717) is 24.4 Å². The monoisotopic (exact) mass is 358 g/mol. The zero-order valence-electron chi connectivity index (χ0n) is 12.0. The Kier molecular flexibility index (Phi) is 7.01. The highest BCUT2D eigenvalue weighted by atomic mass is 79.9. The molecule has 1 aromatic carbocycles. The van der Waals surface area contributed by atoms with Crippen molar-refractivity contribution < 1.29 is 19.4 Å². The minimum absolute atomic E-state index is 0.0938. The molecule has 6 nitrogen and oxygen atoms in total. The molecule has 1 rings (SSSR count). The SMILES string of the molecule is COc1ccc(Br)cc1NC(=O)NCC(C)CCC(=O)O. The topological polar surface area (TPSA) is 87.7 Å². The molecule has 3 N–H and O–H groups in total. The molecule has 0 aliphatic heterocycles. The van der Waals surface area contributed by atoms with Gasteiger partial charge in [0.1, 0.15) is 5.75 Å². The number of methoxy groups -OCH3 is 1. The standard InChI is InChI=1S/C14H19BrN2O4/c1-9(3-6-13(18)19)8-16-14(20)17-11-7-10(15)4-5-12(11)21-2/h4-5,7,9H,3,6,8H2,1-2H3,(H,18,19)(H2,16,17,20). The number of nitrogens with one attached hydrogen (secondary N) is 2. The number of rotatable bonds is 7. The summed E-state index contributed by atoms with van der Waals surface area (Å²) in [4.78, 5) is 22.3. The van der Waals surface area contributed by atoms with Gasteiger partial charge in [0.15, 0.2) is 0 Å². The summed E-state index contributed by atoms with van der Waals surface area (Å²) in [5.41, 5.74) is 0.558. The third-order valence-electron chi connectivity index (χ3n) is 2.87. The maximum atomic E-state index is 11.8. The van der Waals surface area contributed by atoms with Gasteiger partial charge in [-0.3, -0.25) is 4.79 Å². The van der Waals surface area contributed by atoms with Crippen LogP contribution in [0.5, 0.6) is 5.75 Å². The van der Waals surface area contributed by atoms with Crippen LogP contribution in [0, 0.1) is 5.92 Å². The number of urea groups is 1. The Morgan fingerprint density at radius 2 is 2.14 bits per heavy atom. The van der Waals surface area contributed by atoms with Crippen LogP contribution in [-0.2, 0) is 4.79 Å². The highest BCUT2D eigenvalue weighted by Crippen LogP contribution is 2.27. The first-order valence-corrected chi connectivity index (χ1v) is 7.32. The van der Waals surface area contributed by atoms with Gasteiger partial charge in [-0.05, 0) is 30.5 Å². The summed E-state index contributed by atoms with van der Waals surface area (Å²) >= 11 is 3.33. The van der Waals surface area contributed by atoms with E-state index in [1.54, 1.807) is 12.1 Å². The number of carboxylic acids is 1. The van der Waals surface area contributed by atoms with Gasteiger partial charge in [0.25, 0.3) is 0 Å². The minimum Gasteiger partial charge on any atom is -0.495 e. The summed E-state index contributed by atoms with van der Waals surface area (Å²) in [7, 11) is 1.53. The predicted molar refractivity (Wildman–Crippen MR) is 83.7 cm³/mol. The second-order valence-electron chi connectivity index (χ2n) is 4.72. The molecule has 1 unspecified atom stereocenters. The summed E-state index contributed by atoms with van der Waals surface area (Å²) in [5.74, 6) is -0.172. The van der Waals surface area contributed by atoms with Crippen molar-refractivity contribution in [2.24, 2.45) is 5.92 Å². The molecule has 21 heavy (non-hydrogen) atoms. The van der Waals surface area contributed by atoms with E-state index in [0.717, 1.165) is 4.47 Å². The van der Waals surface area contributed by atoms with E-state index >= 15 is 0 Å². The van der Waals surface area contributed by atoms with Crippen molar-refractivity contribution in [3.05, 3.63) is 22.7 Å². The number of hydrogen-bond donors (Lipinski definition) is 3. The predicted octanol–water partition coefficient (Wildman–Crippen LogP) is 3.08. The lowest BCUT2D eigenvalue weighted by atomic mass is 10.1. The molecule has 2 amide bonds. The van der Waals surface area contributed by atoms with E-state index in [9.17, 15) is 9.59 Å². The Morgan fingerprint density at radius 1 is 1.43 bits per heavy atom. The van der Waals surface area contributed by atoms with Crippen molar-refractivity contribution in [2.75, 3.05) is 19.0 Å². The average molecular weight is 359 g/mol. The molecular weight excluding hydrogens is 340 g/mol. The summed E-state index contributed by atoms with van der Waals surface area (Å²) in [6.07, 6.45) is 0.625. The fourth-order valence-electron chi connectivity index (χ4n) is 1.68. The van der Waals surface area contributed by atoms with Crippen LogP contribution in [0.15, 0.2) is 22.7 Å². The molecule has 116 valence electrons. The van der Waals surface area contributed by atoms with Gasteiger partial charge in [0.05, 0.1) is 12.8 Å². The Bertz CT molecular complexity index is 508. The van der Waals surface area contributed by atoms with Gasteiger partial charge in [-0.25, -0.2) is 4.79 Å². The van der Waals surface area contributed by atoms with E-state index in [2.05, 4.69) is 26.6 Å². The molecule has 7 heteroatoms. The van der Waals surface area contributed by atoms with Gasteiger partial charge in [-0.15, -0.1) is 0 Å². The molecule has 0 fully saturated rings. The number of halogens is 1. The van der Waals surface area contributed by atoms with Crippen LogP contribution in [0.4, 0.5) is 10.5 Å². The molecule has 0 aromatic heterocycles. The van der Waals surface area contributed by atoms with Crippen molar-refractivity contribution >= 4 is 33.6 Å². The molecule has 0 saturated carbocycles. The Hall–Kier alpha value is -1.76. The first kappa shape index (κ1) is 17.3. The zero-order chi connectivity index (χ0) is 15.8. The van der Waals surface area contributed by atoms with Crippen molar-refractivity contribution in [1.82, 2.24) is 5.32 Å². The van der Waals surface area contributed by atoms with E-state index in [1.807, 2.05) is 13.0 Å². The number of hydrogen-bond acceptors (Lipinski definition) is 3. The number of carbonyl (C=O) groups is 2. The van der Waals surface area contributed by atoms with Crippen molar-refractivity contribution in [3.8, 4) is 5.75 Å². The van der Waals surface area contributed by atoms with Crippen LogP contribution in [0.2, 0.25) is 0 Å². The van der Waals surface area contributed by atoms with E-state index in [1.165, 1.54) is 7.11 Å². The normalized spacial score (nSPS) is 11.6. The molecule has 0 radical (unpaired) electrons. The Balaban J connectivity index is 2.47. The Labute approximate surface area is 132 Å². The number of anilines is 1. The highest BCUT2D eigenvalue weighted by Gasteiger charge is 2.10. The van der Waals surface area contributed by atoms with Crippen molar-refractivity contribution in [3.63, 3.8) is 0 Å². The molecule has 1 atom stereocenters. The molecule has 0 spiro atoms. The van der Waals surface area contributed by atoms with Crippen molar-refractivity contribution in [1.29, 1.82) is 0 Å². The third kappa shape index (κ3) is 6.48. The third-order valence-corrected chi connectivity index (χ3v) is 3.37. The second-order valence-corrected chi connectivity index (χ2v) is 5.63. The van der Waals surface area contributed by atoms with Crippen LogP contribution in [0.25, 0.3) is 0 Å². The zero-order valence-corrected chi connectivity index (χ0v) is 13.6. The lowest BCUT2D eigenvalue weighted by Gasteiger charge is -2.14. The van der Waals surface area contributed by atoms with Crippen molar-refractivity contribution in [2.45, 2.75) is 19.8 Å². The van der Waals surface area contributed by atoms with E-state index in [-0.39, 0.29) is 18.4 Å². The number of benzene rings is 1. The lowest BCUT2D eigenvalue weighted by molar-refractivity contribution is -0.137. The maximum Gasteiger partial charge on any atom is 0.319 e. The van der Waals surface area contributed by atoms with Gasteiger partial charge >= 0.3 is 12.0 Å². The van der Waals surface area contributed by atoms with Crippen LogP contribution in [0.1, 0.15) is 19.8 Å². The quantitative estimate of drug-likeness (QED) is 0.698. The number of carbonyl (C=O) groups excluding carboxylic acids is 1. The largest absolute Gasteiger partial charge is 0.495 e. The Morgan fingerprint density at radius 3 is 2.76 bits per heavy atom. The molecule has 0 aliphatic carbocycles. The fourth-order valence-corrected chi connectivity index (χ4v) is 2.04. The summed E-state index contributed by atoms with van der Waals surface area (Å²) in [6, 6.07) is 4.95. The number of ether oxygens (including phenoxy) is 1. The minimum atomic E-state index is -0.829. The first-order valence-electron chi connectivity index (χ1n) is 6.52. The van der Waals surface area contributed by atoms with E-state index in [4.69, 9.17) is 9.84 Å². The van der Waals surface area contributed by atoms with Crippen LogP contribution in [0.3, 0.4) is 0 Å². The summed E-state index contributed by atoms with van der Waals surface area (Å²) in [6.45, 7) is 2.30. The molecule has 1 aromatic rings. The molecule has 0 saturated heterocycles. The lowest BCUT2D eigenvalue weighted by Crippen LogP contribution is -2.32. The summed E-state index contributed by atoms with van der Waals surface area (Å²) in [5, 5.41) is 14.0. The average Bonchev–Trinajstić information content (AvgIpc) is 2.43.